The van der Waals surface area contributed by atoms with Gasteiger partial charge in [-0.25, -0.2) is 0 Å². The predicted molar refractivity (Wildman–Crippen MR) is 76.4 cm³/mol. The molecular formula is C13H21N3O2S. The van der Waals surface area contributed by atoms with Gasteiger partial charge in [-0.05, 0) is 25.6 Å². The average Bonchev–Trinajstić information content (AvgIpc) is 2.89. The smallest absolute Gasteiger partial charge is 0.249 e. The summed E-state index contributed by atoms with van der Waals surface area (Å²) in [6.45, 7) is 6.73. The molecule has 19 heavy (non-hydrogen) atoms. The number of nitrogens with zero attached hydrogens (tertiary/aromatic N) is 1. The number of rotatable bonds is 7. The predicted octanol–water partition coefficient (Wildman–Crippen LogP) is 0.659. The van der Waals surface area contributed by atoms with Crippen molar-refractivity contribution in [1.82, 2.24) is 10.2 Å². The topological polar surface area (TPSA) is 67.6 Å². The quantitative estimate of drug-likeness (QED) is 0.721. The number of thiophene rings is 1. The van der Waals surface area contributed by atoms with E-state index in [1.165, 1.54) is 0 Å². The lowest BCUT2D eigenvalue weighted by atomic mass is 10.3. The van der Waals surface area contributed by atoms with Crippen molar-refractivity contribution in [3.8, 4) is 0 Å². The minimum Gasteiger partial charge on any atom is -0.379 e. The largest absolute Gasteiger partial charge is 0.379 e. The molecule has 2 heterocycles. The van der Waals surface area contributed by atoms with Crippen molar-refractivity contribution in [3.05, 3.63) is 21.9 Å². The average molecular weight is 283 g/mol. The number of ether oxygens (including phenoxy) is 1. The van der Waals surface area contributed by atoms with Gasteiger partial charge in [-0.15, -0.1) is 11.3 Å². The Morgan fingerprint density at radius 1 is 1.47 bits per heavy atom. The first-order chi connectivity index (χ1) is 9.25. The van der Waals surface area contributed by atoms with Crippen LogP contribution < -0.4 is 11.1 Å². The normalized spacial score (nSPS) is 16.6. The zero-order valence-corrected chi connectivity index (χ0v) is 11.9. The molecule has 0 unspecified atom stereocenters. The molecule has 1 fully saturated rings. The number of nitrogens with one attached hydrogen (secondary N) is 1. The molecule has 0 spiro atoms. The maximum Gasteiger partial charge on any atom is 0.249 e. The van der Waals surface area contributed by atoms with Gasteiger partial charge in [0.2, 0.25) is 5.91 Å². The fourth-order valence-corrected chi connectivity index (χ4v) is 2.91. The molecule has 106 valence electrons. The number of hydrogen-bond donors (Lipinski definition) is 2. The van der Waals surface area contributed by atoms with Crippen LogP contribution >= 0.6 is 11.3 Å². The van der Waals surface area contributed by atoms with Crippen LogP contribution in [0.3, 0.4) is 0 Å². The van der Waals surface area contributed by atoms with Crippen molar-refractivity contribution in [2.75, 3.05) is 39.4 Å². The molecule has 0 aliphatic carbocycles. The number of morpholine rings is 1. The summed E-state index contributed by atoms with van der Waals surface area (Å²) in [5, 5.41) is 5.21. The highest BCUT2D eigenvalue weighted by Crippen LogP contribution is 2.13. The number of carbonyl (C=O) groups excluding carboxylic acids is 1. The van der Waals surface area contributed by atoms with Gasteiger partial charge < -0.3 is 15.8 Å². The van der Waals surface area contributed by atoms with Crippen molar-refractivity contribution in [1.29, 1.82) is 0 Å². The zero-order valence-electron chi connectivity index (χ0n) is 11.1. The maximum absolute atomic E-state index is 11.0. The fraction of sp³-hybridized carbons (Fsp3) is 0.615. The van der Waals surface area contributed by atoms with E-state index in [1.807, 2.05) is 11.4 Å². The van der Waals surface area contributed by atoms with Gasteiger partial charge in [0, 0.05) is 29.9 Å². The molecule has 0 bridgehead atoms. The Morgan fingerprint density at radius 2 is 2.26 bits per heavy atom. The molecule has 3 N–H and O–H groups in total. The SMILES string of the molecule is NC(=O)c1csc(CNCCCN2CCOCC2)c1. The van der Waals surface area contributed by atoms with Gasteiger partial charge in [0.1, 0.15) is 0 Å². The van der Waals surface area contributed by atoms with Gasteiger partial charge in [0.05, 0.1) is 18.8 Å². The van der Waals surface area contributed by atoms with E-state index in [2.05, 4.69) is 10.2 Å². The Morgan fingerprint density at radius 3 is 2.95 bits per heavy atom. The number of nitrogens with two attached hydrogens (primary N) is 1. The van der Waals surface area contributed by atoms with Crippen LogP contribution in [0.25, 0.3) is 0 Å². The molecule has 0 aromatic carbocycles. The number of primary amides is 1. The lowest BCUT2D eigenvalue weighted by Gasteiger charge is -2.26. The molecule has 1 amide bonds. The summed E-state index contributed by atoms with van der Waals surface area (Å²) in [4.78, 5) is 14.5. The van der Waals surface area contributed by atoms with E-state index in [0.717, 1.165) is 57.2 Å². The van der Waals surface area contributed by atoms with Gasteiger partial charge in [0.15, 0.2) is 0 Å². The van der Waals surface area contributed by atoms with Crippen molar-refractivity contribution in [2.24, 2.45) is 5.73 Å². The van der Waals surface area contributed by atoms with E-state index in [4.69, 9.17) is 10.5 Å². The van der Waals surface area contributed by atoms with E-state index in [9.17, 15) is 4.79 Å². The van der Waals surface area contributed by atoms with Crippen molar-refractivity contribution in [2.45, 2.75) is 13.0 Å². The third-order valence-electron chi connectivity index (χ3n) is 3.17. The van der Waals surface area contributed by atoms with E-state index < -0.39 is 0 Å². The van der Waals surface area contributed by atoms with E-state index >= 15 is 0 Å². The van der Waals surface area contributed by atoms with Gasteiger partial charge in [-0.1, -0.05) is 0 Å². The second kappa shape index (κ2) is 7.59. The number of amides is 1. The molecule has 1 aromatic rings. The molecule has 1 saturated heterocycles. The first-order valence-corrected chi connectivity index (χ1v) is 7.51. The van der Waals surface area contributed by atoms with Crippen LogP contribution in [0.2, 0.25) is 0 Å². The minimum absolute atomic E-state index is 0.352. The summed E-state index contributed by atoms with van der Waals surface area (Å²) in [6, 6.07) is 1.86. The molecule has 5 nitrogen and oxygen atoms in total. The summed E-state index contributed by atoms with van der Waals surface area (Å²) in [6.07, 6.45) is 1.13. The molecule has 6 heteroatoms. The fourth-order valence-electron chi connectivity index (χ4n) is 2.07. The standard InChI is InChI=1S/C13H21N3O2S/c14-13(17)11-8-12(19-10-11)9-15-2-1-3-16-4-6-18-7-5-16/h8,10,15H,1-7,9H2,(H2,14,17). The van der Waals surface area contributed by atoms with Crippen LogP contribution in [0, 0.1) is 0 Å². The first-order valence-electron chi connectivity index (χ1n) is 6.64. The summed E-state index contributed by atoms with van der Waals surface area (Å²) < 4.78 is 5.31. The summed E-state index contributed by atoms with van der Waals surface area (Å²) in [7, 11) is 0. The molecular weight excluding hydrogens is 262 g/mol. The molecule has 0 atom stereocenters. The van der Waals surface area contributed by atoms with E-state index in [1.54, 1.807) is 11.3 Å². The van der Waals surface area contributed by atoms with Crippen molar-refractivity contribution < 1.29 is 9.53 Å². The van der Waals surface area contributed by atoms with Gasteiger partial charge >= 0.3 is 0 Å². The molecule has 1 aromatic heterocycles. The molecule has 1 aliphatic heterocycles. The zero-order chi connectivity index (χ0) is 13.5. The lowest BCUT2D eigenvalue weighted by molar-refractivity contribution is 0.0374. The van der Waals surface area contributed by atoms with Gasteiger partial charge in [0.25, 0.3) is 0 Å². The van der Waals surface area contributed by atoms with Crippen LogP contribution in [0.1, 0.15) is 21.7 Å². The first kappa shape index (κ1) is 14.5. The minimum atomic E-state index is -0.352. The lowest BCUT2D eigenvalue weighted by Crippen LogP contribution is -2.37. The van der Waals surface area contributed by atoms with Crippen molar-refractivity contribution >= 4 is 17.2 Å². The van der Waals surface area contributed by atoms with Crippen LogP contribution in [0.15, 0.2) is 11.4 Å². The third kappa shape index (κ3) is 4.91. The van der Waals surface area contributed by atoms with Crippen LogP contribution in [-0.2, 0) is 11.3 Å². The second-order valence-corrected chi connectivity index (χ2v) is 5.65. The highest BCUT2D eigenvalue weighted by molar-refractivity contribution is 7.10. The summed E-state index contributed by atoms with van der Waals surface area (Å²) in [5.74, 6) is -0.352. The van der Waals surface area contributed by atoms with Gasteiger partial charge in [-0.3, -0.25) is 9.69 Å². The van der Waals surface area contributed by atoms with Crippen LogP contribution in [-0.4, -0.2) is 50.2 Å². The number of carbonyl (C=O) groups is 1. The Hall–Kier alpha value is -0.950. The Kier molecular flexibility index (Phi) is 5.78. The molecule has 1 aliphatic rings. The summed E-state index contributed by atoms with van der Waals surface area (Å²) in [5.41, 5.74) is 5.82. The second-order valence-electron chi connectivity index (χ2n) is 4.65. The highest BCUT2D eigenvalue weighted by Gasteiger charge is 2.09. The summed E-state index contributed by atoms with van der Waals surface area (Å²) >= 11 is 1.57. The molecule has 2 rings (SSSR count). The van der Waals surface area contributed by atoms with E-state index in [0.29, 0.717) is 5.56 Å². The van der Waals surface area contributed by atoms with E-state index in [-0.39, 0.29) is 5.91 Å². The Bertz CT molecular complexity index is 402. The molecule has 0 radical (unpaired) electrons. The van der Waals surface area contributed by atoms with Gasteiger partial charge in [-0.2, -0.15) is 0 Å². The van der Waals surface area contributed by atoms with Crippen LogP contribution in [0.4, 0.5) is 0 Å². The monoisotopic (exact) mass is 283 g/mol. The third-order valence-corrected chi connectivity index (χ3v) is 4.11. The Balaban J connectivity index is 1.57. The highest BCUT2D eigenvalue weighted by atomic mass is 32.1. The van der Waals surface area contributed by atoms with Crippen LogP contribution in [0.5, 0.6) is 0 Å². The Labute approximate surface area is 117 Å². The number of hydrogen-bond acceptors (Lipinski definition) is 5. The maximum atomic E-state index is 11.0. The molecule has 0 saturated carbocycles. The van der Waals surface area contributed by atoms with Crippen molar-refractivity contribution in [3.63, 3.8) is 0 Å².